The summed E-state index contributed by atoms with van der Waals surface area (Å²) in [5, 5.41) is 14.5. The first kappa shape index (κ1) is 8.89. The molecule has 0 fully saturated rings. The maximum absolute atomic E-state index is 10.6. The van der Waals surface area contributed by atoms with Crippen LogP contribution < -0.4 is 0 Å². The number of aromatic carboxylic acids is 1. The highest BCUT2D eigenvalue weighted by molar-refractivity contribution is 7.11. The first-order valence-electron chi connectivity index (χ1n) is 3.84. The van der Waals surface area contributed by atoms with Gasteiger partial charge in [0, 0.05) is 24.2 Å². The van der Waals surface area contributed by atoms with Crippen LogP contribution in [0, 0.1) is 0 Å². The molecule has 0 aliphatic rings. The fourth-order valence-corrected chi connectivity index (χ4v) is 1.72. The van der Waals surface area contributed by atoms with Crippen molar-refractivity contribution in [2.24, 2.45) is 7.05 Å². The molecule has 72 valence electrons. The van der Waals surface area contributed by atoms with Gasteiger partial charge in [-0.25, -0.2) is 9.78 Å². The molecule has 14 heavy (non-hydrogen) atoms. The van der Waals surface area contributed by atoms with E-state index in [9.17, 15) is 4.79 Å². The highest BCUT2D eigenvalue weighted by Crippen LogP contribution is 2.20. The van der Waals surface area contributed by atoms with Gasteiger partial charge in [-0.3, -0.25) is 4.68 Å². The summed E-state index contributed by atoms with van der Waals surface area (Å²) in [6.45, 7) is 0. The van der Waals surface area contributed by atoms with Crippen LogP contribution in [0.2, 0.25) is 0 Å². The molecule has 2 aromatic rings. The van der Waals surface area contributed by atoms with Crippen LogP contribution in [0.4, 0.5) is 0 Å². The molecule has 2 rings (SSSR count). The fourth-order valence-electron chi connectivity index (χ4n) is 1.06. The lowest BCUT2D eigenvalue weighted by Gasteiger charge is -1.86. The molecular formula is C8H7N3O2S. The van der Waals surface area contributed by atoms with Crippen LogP contribution in [0.15, 0.2) is 17.8 Å². The number of aryl methyl sites for hydroxylation is 1. The molecule has 0 bridgehead atoms. The lowest BCUT2D eigenvalue weighted by atomic mass is 10.3. The average molecular weight is 209 g/mol. The van der Waals surface area contributed by atoms with Crippen LogP contribution in [0.3, 0.4) is 0 Å². The van der Waals surface area contributed by atoms with Crippen LogP contribution in [0.25, 0.3) is 11.3 Å². The lowest BCUT2D eigenvalue weighted by Crippen LogP contribution is -1.94. The Morgan fingerprint density at radius 2 is 2.43 bits per heavy atom. The average Bonchev–Trinajstić information content (AvgIpc) is 2.70. The number of carboxylic acids is 1. The van der Waals surface area contributed by atoms with Gasteiger partial charge in [0.25, 0.3) is 0 Å². The number of aromatic nitrogens is 3. The fraction of sp³-hybridized carbons (Fsp3) is 0.125. The van der Waals surface area contributed by atoms with E-state index in [-0.39, 0.29) is 5.01 Å². The monoisotopic (exact) mass is 209 g/mol. The summed E-state index contributed by atoms with van der Waals surface area (Å²) in [6, 6.07) is 0. The number of carbonyl (C=O) groups is 1. The Hall–Kier alpha value is -1.69. The minimum Gasteiger partial charge on any atom is -0.476 e. The molecule has 0 unspecified atom stereocenters. The van der Waals surface area contributed by atoms with E-state index in [2.05, 4.69) is 10.1 Å². The molecule has 2 aromatic heterocycles. The predicted octanol–water partition coefficient (Wildman–Crippen LogP) is 1.24. The van der Waals surface area contributed by atoms with Crippen molar-refractivity contribution in [1.29, 1.82) is 0 Å². The Labute approximate surface area is 83.6 Å². The van der Waals surface area contributed by atoms with E-state index >= 15 is 0 Å². The van der Waals surface area contributed by atoms with Crippen LogP contribution in [-0.4, -0.2) is 25.8 Å². The first-order valence-corrected chi connectivity index (χ1v) is 4.72. The summed E-state index contributed by atoms with van der Waals surface area (Å²) in [5.74, 6) is -0.995. The quantitative estimate of drug-likeness (QED) is 0.808. The molecule has 0 saturated carbocycles. The smallest absolute Gasteiger partial charge is 0.365 e. The van der Waals surface area contributed by atoms with Crippen molar-refractivity contribution in [3.8, 4) is 11.3 Å². The van der Waals surface area contributed by atoms with Gasteiger partial charge in [0.05, 0.1) is 11.9 Å². The lowest BCUT2D eigenvalue weighted by molar-refractivity contribution is 0.0696. The van der Waals surface area contributed by atoms with Crippen LogP contribution in [0.5, 0.6) is 0 Å². The van der Waals surface area contributed by atoms with E-state index < -0.39 is 5.97 Å². The Morgan fingerprint density at radius 1 is 1.64 bits per heavy atom. The first-order chi connectivity index (χ1) is 6.66. The molecule has 0 saturated heterocycles. The van der Waals surface area contributed by atoms with E-state index in [0.717, 1.165) is 16.9 Å². The van der Waals surface area contributed by atoms with Crippen molar-refractivity contribution in [2.45, 2.75) is 0 Å². The second-order valence-electron chi connectivity index (χ2n) is 2.75. The Bertz CT molecular complexity index is 474. The van der Waals surface area contributed by atoms with Gasteiger partial charge in [-0.15, -0.1) is 11.3 Å². The maximum Gasteiger partial charge on any atom is 0.365 e. The van der Waals surface area contributed by atoms with Crippen molar-refractivity contribution < 1.29 is 9.90 Å². The van der Waals surface area contributed by atoms with Gasteiger partial charge in [-0.1, -0.05) is 0 Å². The largest absolute Gasteiger partial charge is 0.476 e. The van der Waals surface area contributed by atoms with Crippen LogP contribution in [0.1, 0.15) is 9.80 Å². The number of rotatable bonds is 2. The molecule has 0 spiro atoms. The predicted molar refractivity (Wildman–Crippen MR) is 51.3 cm³/mol. The minimum absolute atomic E-state index is 0.101. The summed E-state index contributed by atoms with van der Waals surface area (Å²) >= 11 is 1.11. The third-order valence-electron chi connectivity index (χ3n) is 1.69. The SMILES string of the molecule is Cn1cc(-c2csc(C(=O)O)n2)cn1. The van der Waals surface area contributed by atoms with Gasteiger partial charge in [0.2, 0.25) is 5.01 Å². The molecule has 6 heteroatoms. The van der Waals surface area contributed by atoms with Crippen molar-refractivity contribution in [3.63, 3.8) is 0 Å². The Kier molecular flexibility index (Phi) is 2.05. The van der Waals surface area contributed by atoms with Crippen molar-refractivity contribution in [2.75, 3.05) is 0 Å². The van der Waals surface area contributed by atoms with Crippen molar-refractivity contribution >= 4 is 17.3 Å². The second-order valence-corrected chi connectivity index (χ2v) is 3.60. The summed E-state index contributed by atoms with van der Waals surface area (Å²) in [6.07, 6.45) is 3.45. The molecule has 0 aliphatic heterocycles. The Morgan fingerprint density at radius 3 is 2.93 bits per heavy atom. The van der Waals surface area contributed by atoms with Gasteiger partial charge in [-0.05, 0) is 0 Å². The molecule has 0 radical (unpaired) electrons. The van der Waals surface area contributed by atoms with Gasteiger partial charge < -0.3 is 5.11 Å². The van der Waals surface area contributed by atoms with Crippen molar-refractivity contribution in [3.05, 3.63) is 22.8 Å². The highest BCUT2D eigenvalue weighted by Gasteiger charge is 2.10. The van der Waals surface area contributed by atoms with E-state index in [0.29, 0.717) is 5.69 Å². The second kappa shape index (κ2) is 3.22. The Balaban J connectivity index is 2.38. The maximum atomic E-state index is 10.6. The van der Waals surface area contributed by atoms with Gasteiger partial charge >= 0.3 is 5.97 Å². The summed E-state index contributed by atoms with van der Waals surface area (Å²) in [7, 11) is 1.80. The molecule has 5 nitrogen and oxygen atoms in total. The van der Waals surface area contributed by atoms with E-state index in [1.54, 1.807) is 29.5 Å². The number of hydrogen-bond acceptors (Lipinski definition) is 4. The number of thiazole rings is 1. The molecule has 2 heterocycles. The zero-order chi connectivity index (χ0) is 10.1. The van der Waals surface area contributed by atoms with Crippen LogP contribution in [-0.2, 0) is 7.05 Å². The summed E-state index contributed by atoms with van der Waals surface area (Å²) < 4.78 is 1.65. The number of carboxylic acid groups (broad SMARTS) is 1. The zero-order valence-corrected chi connectivity index (χ0v) is 8.15. The summed E-state index contributed by atoms with van der Waals surface area (Å²) in [4.78, 5) is 14.5. The van der Waals surface area contributed by atoms with Gasteiger partial charge in [0.15, 0.2) is 0 Å². The van der Waals surface area contributed by atoms with Gasteiger partial charge in [-0.2, -0.15) is 5.10 Å². The minimum atomic E-state index is -0.995. The molecule has 0 atom stereocenters. The molecular weight excluding hydrogens is 202 g/mol. The molecule has 0 aliphatic carbocycles. The third-order valence-corrected chi connectivity index (χ3v) is 2.52. The van der Waals surface area contributed by atoms with E-state index in [1.165, 1.54) is 0 Å². The molecule has 1 N–H and O–H groups in total. The molecule has 0 aromatic carbocycles. The van der Waals surface area contributed by atoms with Gasteiger partial charge in [0.1, 0.15) is 0 Å². The number of nitrogens with zero attached hydrogens (tertiary/aromatic N) is 3. The van der Waals surface area contributed by atoms with E-state index in [4.69, 9.17) is 5.11 Å². The van der Waals surface area contributed by atoms with Crippen LogP contribution >= 0.6 is 11.3 Å². The highest BCUT2D eigenvalue weighted by atomic mass is 32.1. The summed E-state index contributed by atoms with van der Waals surface area (Å²) in [5.41, 5.74) is 1.48. The molecule has 0 amide bonds. The normalized spacial score (nSPS) is 10.4. The third kappa shape index (κ3) is 1.51. The number of hydrogen-bond donors (Lipinski definition) is 1. The van der Waals surface area contributed by atoms with Crippen molar-refractivity contribution in [1.82, 2.24) is 14.8 Å². The topological polar surface area (TPSA) is 68.0 Å². The van der Waals surface area contributed by atoms with E-state index in [1.807, 2.05) is 0 Å². The zero-order valence-electron chi connectivity index (χ0n) is 7.34. The standard InChI is InChI=1S/C8H7N3O2S/c1-11-3-5(2-9-11)6-4-14-7(10-6)8(12)13/h2-4H,1H3,(H,12,13).